The summed E-state index contributed by atoms with van der Waals surface area (Å²) in [6.45, 7) is 0. The number of halogens is 3. The van der Waals surface area contributed by atoms with Crippen LogP contribution in [0.5, 0.6) is 0 Å². The first-order valence-electron chi connectivity index (χ1n) is 3.67. The fourth-order valence-electron chi connectivity index (χ4n) is 0.696. The third-order valence-electron chi connectivity index (χ3n) is 1.32. The molecule has 1 rings (SSSR count). The fourth-order valence-corrected chi connectivity index (χ4v) is 2.72. The number of alkyl halides is 3. The average molecular weight is 334 g/mol. The van der Waals surface area contributed by atoms with Crippen LogP contribution >= 0.6 is 0 Å². The van der Waals surface area contributed by atoms with Gasteiger partial charge in [0.25, 0.3) is 0 Å². The van der Waals surface area contributed by atoms with Crippen molar-refractivity contribution in [2.24, 2.45) is 0 Å². The van der Waals surface area contributed by atoms with E-state index in [1.54, 1.807) is 6.07 Å². The van der Waals surface area contributed by atoms with E-state index in [2.05, 4.69) is 3.10 Å². The van der Waals surface area contributed by atoms with Crippen LogP contribution in [-0.2, 0) is 11.0 Å². The number of hydrogen-bond donors (Lipinski definition) is 0. The van der Waals surface area contributed by atoms with Crippen LogP contribution in [0, 0.1) is 0 Å². The van der Waals surface area contributed by atoms with Crippen molar-refractivity contribution in [3.05, 3.63) is 30.3 Å². The van der Waals surface area contributed by atoms with Gasteiger partial charge in [0.05, 0.1) is 0 Å². The molecular weight excluding hydrogens is 329 g/mol. The van der Waals surface area contributed by atoms with E-state index in [0.29, 0.717) is 0 Å². The molecule has 1 aromatic carbocycles. The first-order valence-corrected chi connectivity index (χ1v) is 6.74. The molecule has 1 aromatic rings. The zero-order valence-electron chi connectivity index (χ0n) is 7.15. The Balaban J connectivity index is 2.70. The molecule has 0 fully saturated rings. The predicted octanol–water partition coefficient (Wildman–Crippen LogP) is 0.918. The molecule has 0 heterocycles. The molecule has 0 aliphatic heterocycles. The van der Waals surface area contributed by atoms with Crippen molar-refractivity contribution in [1.29, 1.82) is 0 Å². The van der Waals surface area contributed by atoms with Crippen molar-refractivity contribution in [1.82, 2.24) is 0 Å². The second-order valence-electron chi connectivity index (χ2n) is 2.42. The molecule has 0 bridgehead atoms. The minimum atomic E-state index is -5.10. The maximum absolute atomic E-state index is 11.7. The summed E-state index contributed by atoms with van der Waals surface area (Å²) in [5.74, 6) is -2.40. The first-order chi connectivity index (χ1) is 6.91. The molecule has 7 heteroatoms. The standard InChI is InChI=1S/C8H5F3O3Te/c9-8(10,11)7(12)14-15(13)6-4-2-1-3-5-6/h1-5H. The summed E-state index contributed by atoms with van der Waals surface area (Å²) in [5.41, 5.74) is 0. The van der Waals surface area contributed by atoms with E-state index >= 15 is 0 Å². The van der Waals surface area contributed by atoms with Gasteiger partial charge in [0.1, 0.15) is 0 Å². The van der Waals surface area contributed by atoms with Crippen LogP contribution in [0.3, 0.4) is 0 Å². The van der Waals surface area contributed by atoms with Gasteiger partial charge >= 0.3 is 90.2 Å². The van der Waals surface area contributed by atoms with Crippen LogP contribution in [0.15, 0.2) is 30.3 Å². The van der Waals surface area contributed by atoms with Crippen molar-refractivity contribution in [2.45, 2.75) is 6.18 Å². The molecule has 0 N–H and O–H groups in total. The van der Waals surface area contributed by atoms with Crippen LogP contribution in [-0.4, -0.2) is 32.1 Å². The summed E-state index contributed by atoms with van der Waals surface area (Å²) in [7, 11) is 0. The van der Waals surface area contributed by atoms with Gasteiger partial charge in [-0.25, -0.2) is 0 Å². The normalized spacial score (nSPS) is 11.5. The Morgan fingerprint density at radius 3 is 2.20 bits per heavy atom. The number of hydrogen-bond acceptors (Lipinski definition) is 3. The third kappa shape index (κ3) is 3.61. The van der Waals surface area contributed by atoms with Crippen molar-refractivity contribution in [2.75, 3.05) is 0 Å². The Kier molecular flexibility index (Phi) is 3.83. The van der Waals surface area contributed by atoms with Crippen LogP contribution < -0.4 is 3.61 Å². The number of carbonyl (C=O) groups is 1. The van der Waals surface area contributed by atoms with Crippen molar-refractivity contribution in [3.63, 3.8) is 0 Å². The Morgan fingerprint density at radius 2 is 1.73 bits per heavy atom. The van der Waals surface area contributed by atoms with Gasteiger partial charge in [-0.3, -0.25) is 0 Å². The summed E-state index contributed by atoms with van der Waals surface area (Å²) < 4.78 is 50.4. The average Bonchev–Trinajstić information content (AvgIpc) is 2.17. The third-order valence-corrected chi connectivity index (χ3v) is 4.06. The molecule has 0 saturated carbocycles. The molecule has 15 heavy (non-hydrogen) atoms. The zero-order chi connectivity index (χ0) is 11.5. The number of benzene rings is 1. The van der Waals surface area contributed by atoms with Gasteiger partial charge in [-0.2, -0.15) is 0 Å². The summed E-state index contributed by atoms with van der Waals surface area (Å²) >= 11 is -3.85. The van der Waals surface area contributed by atoms with Crippen LogP contribution in [0.25, 0.3) is 0 Å². The Morgan fingerprint density at radius 1 is 1.20 bits per heavy atom. The van der Waals surface area contributed by atoms with Crippen molar-refractivity contribution in [3.8, 4) is 0 Å². The van der Waals surface area contributed by atoms with Crippen LogP contribution in [0.1, 0.15) is 0 Å². The van der Waals surface area contributed by atoms with Gasteiger partial charge in [0.2, 0.25) is 0 Å². The predicted molar refractivity (Wildman–Crippen MR) is 44.7 cm³/mol. The monoisotopic (exact) mass is 336 g/mol. The van der Waals surface area contributed by atoms with Gasteiger partial charge in [0, 0.05) is 0 Å². The summed E-state index contributed by atoms with van der Waals surface area (Å²) in [4.78, 5) is 10.3. The van der Waals surface area contributed by atoms with Crippen molar-refractivity contribution >= 4 is 29.5 Å². The molecule has 0 saturated heterocycles. The molecule has 0 amide bonds. The van der Waals surface area contributed by atoms with Crippen molar-refractivity contribution < 1.29 is 24.2 Å². The molecule has 0 aromatic heterocycles. The van der Waals surface area contributed by atoms with Gasteiger partial charge in [-0.15, -0.1) is 0 Å². The number of carbonyl (C=O) groups excluding carboxylic acids is 1. The molecule has 0 radical (unpaired) electrons. The zero-order valence-corrected chi connectivity index (χ0v) is 9.48. The maximum atomic E-state index is 11.7. The van der Waals surface area contributed by atoms with E-state index in [-0.39, 0.29) is 3.61 Å². The SMILES string of the molecule is O=C(O[Te](=O)c1ccccc1)C(F)(F)F. The quantitative estimate of drug-likeness (QED) is 0.756. The Bertz CT molecular complexity index is 374. The second-order valence-corrected chi connectivity index (χ2v) is 5.58. The molecule has 3 nitrogen and oxygen atoms in total. The summed E-state index contributed by atoms with van der Waals surface area (Å²) in [5, 5.41) is 0. The van der Waals surface area contributed by atoms with Crippen LogP contribution in [0.4, 0.5) is 13.2 Å². The summed E-state index contributed by atoms with van der Waals surface area (Å²) in [6.07, 6.45) is -5.10. The van der Waals surface area contributed by atoms with E-state index < -0.39 is 32.1 Å². The fraction of sp³-hybridized carbons (Fsp3) is 0.125. The number of rotatable bonds is 2. The minimum absolute atomic E-state index is 0.138. The van der Waals surface area contributed by atoms with Gasteiger partial charge in [0.15, 0.2) is 0 Å². The summed E-state index contributed by atoms with van der Waals surface area (Å²) in [6, 6.07) is 7.33. The molecular formula is C8H5F3O3Te. The molecule has 0 aliphatic carbocycles. The first kappa shape index (κ1) is 12.1. The van der Waals surface area contributed by atoms with E-state index in [1.165, 1.54) is 24.3 Å². The van der Waals surface area contributed by atoms with Gasteiger partial charge in [-0.1, -0.05) is 0 Å². The molecule has 0 spiro atoms. The molecule has 0 aliphatic rings. The Labute approximate surface area is 90.4 Å². The Hall–Kier alpha value is -0.930. The second kappa shape index (κ2) is 4.73. The topological polar surface area (TPSA) is 43.4 Å². The molecule has 0 unspecified atom stereocenters. The van der Waals surface area contributed by atoms with Gasteiger partial charge < -0.3 is 0 Å². The van der Waals surface area contributed by atoms with E-state index in [0.717, 1.165) is 0 Å². The van der Waals surface area contributed by atoms with E-state index in [4.69, 9.17) is 0 Å². The van der Waals surface area contributed by atoms with Gasteiger partial charge in [-0.05, 0) is 0 Å². The molecule has 0 atom stereocenters. The van der Waals surface area contributed by atoms with Crippen LogP contribution in [0.2, 0.25) is 0 Å². The van der Waals surface area contributed by atoms with E-state index in [9.17, 15) is 21.1 Å². The molecule has 82 valence electrons. The van der Waals surface area contributed by atoms with E-state index in [1.807, 2.05) is 0 Å².